The van der Waals surface area contributed by atoms with E-state index < -0.39 is 5.60 Å². The first-order valence-electron chi connectivity index (χ1n) is 13.1. The average Bonchev–Trinajstić information content (AvgIpc) is 3.38. The van der Waals surface area contributed by atoms with E-state index in [9.17, 15) is 9.90 Å². The maximum Gasteiger partial charge on any atom is 0.362 e. The number of aromatic nitrogens is 1. The highest BCUT2D eigenvalue weighted by molar-refractivity contribution is 5.70. The van der Waals surface area contributed by atoms with Crippen molar-refractivity contribution in [3.63, 3.8) is 0 Å². The molecule has 3 aromatic rings. The lowest BCUT2D eigenvalue weighted by Crippen LogP contribution is -2.43. The molecule has 1 saturated carbocycles. The van der Waals surface area contributed by atoms with Gasteiger partial charge in [0.05, 0.1) is 20.3 Å². The maximum atomic E-state index is 12.7. The number of benzene rings is 2. The van der Waals surface area contributed by atoms with Gasteiger partial charge in [-0.05, 0) is 30.9 Å². The minimum absolute atomic E-state index is 0.0575. The summed E-state index contributed by atoms with van der Waals surface area (Å²) >= 11 is 0. The Bertz CT molecular complexity index is 1140. The molecule has 2 aromatic carbocycles. The molecule has 1 fully saturated rings. The fourth-order valence-corrected chi connectivity index (χ4v) is 5.16. The van der Waals surface area contributed by atoms with Gasteiger partial charge in [-0.2, -0.15) is 0 Å². The summed E-state index contributed by atoms with van der Waals surface area (Å²) in [6, 6.07) is 19.4. The van der Waals surface area contributed by atoms with Gasteiger partial charge in [0, 0.05) is 5.92 Å². The van der Waals surface area contributed by atoms with Crippen LogP contribution in [-0.4, -0.2) is 52.8 Å². The van der Waals surface area contributed by atoms with Gasteiger partial charge < -0.3 is 23.9 Å². The number of hydrogen-bond acceptors (Lipinski definition) is 6. The van der Waals surface area contributed by atoms with Crippen LogP contribution < -0.4 is 0 Å². The largest absolute Gasteiger partial charge is 0.483 e. The zero-order chi connectivity index (χ0) is 27.6. The zero-order valence-corrected chi connectivity index (χ0v) is 22.5. The Morgan fingerprint density at radius 2 is 1.68 bits per heavy atom. The summed E-state index contributed by atoms with van der Waals surface area (Å²) in [4.78, 5) is 25.6. The van der Waals surface area contributed by atoms with Crippen LogP contribution in [0.1, 0.15) is 67.9 Å². The Morgan fingerprint density at radius 1 is 1.11 bits per heavy atom. The monoisotopic (exact) mass is 523 g/mol. The molecule has 204 valence electrons. The Hall–Kier alpha value is -3.49. The molecule has 1 unspecified atom stereocenters. The molecular formula is C30H39N2O6+. The SMILES string of the molecule is C[C@H](OC(=O)C[N+](C)(C)Cc1cnc(C(O)(c2ccccc2)C2CCCCC2)o1)c1ccccc1.O=CO. The average molecular weight is 524 g/mol. The number of carbonyl (C=O) groups is 2. The number of oxazole rings is 1. The van der Waals surface area contributed by atoms with E-state index in [1.54, 1.807) is 6.20 Å². The van der Waals surface area contributed by atoms with E-state index in [2.05, 4.69) is 4.98 Å². The molecule has 0 bridgehead atoms. The molecule has 0 saturated heterocycles. The molecule has 1 heterocycles. The first kappa shape index (κ1) is 29.1. The van der Waals surface area contributed by atoms with Crippen LogP contribution in [0.4, 0.5) is 0 Å². The second kappa shape index (κ2) is 13.3. The number of hydrogen-bond donors (Lipinski definition) is 2. The lowest BCUT2D eigenvalue weighted by molar-refractivity contribution is -0.897. The predicted octanol–water partition coefficient (Wildman–Crippen LogP) is 5.07. The van der Waals surface area contributed by atoms with E-state index in [1.807, 2.05) is 81.7 Å². The maximum absolute atomic E-state index is 12.7. The fraction of sp³-hybridized carbons (Fsp3) is 0.433. The van der Waals surface area contributed by atoms with E-state index in [1.165, 1.54) is 6.42 Å². The summed E-state index contributed by atoms with van der Waals surface area (Å²) < 4.78 is 12.2. The van der Waals surface area contributed by atoms with Crippen LogP contribution in [0.2, 0.25) is 0 Å². The third-order valence-corrected chi connectivity index (χ3v) is 7.01. The van der Waals surface area contributed by atoms with Crippen LogP contribution >= 0.6 is 0 Å². The molecule has 0 spiro atoms. The molecule has 8 nitrogen and oxygen atoms in total. The van der Waals surface area contributed by atoms with Crippen molar-refractivity contribution in [1.82, 2.24) is 4.98 Å². The Balaban J connectivity index is 0.00000127. The number of quaternary nitrogens is 1. The molecule has 0 radical (unpaired) electrons. The third kappa shape index (κ3) is 7.52. The first-order valence-corrected chi connectivity index (χ1v) is 13.1. The summed E-state index contributed by atoms with van der Waals surface area (Å²) in [5.74, 6) is 0.765. The van der Waals surface area contributed by atoms with Crippen molar-refractivity contribution >= 4 is 12.4 Å². The van der Waals surface area contributed by atoms with E-state index >= 15 is 0 Å². The van der Waals surface area contributed by atoms with Crippen molar-refractivity contribution < 1.29 is 33.4 Å². The summed E-state index contributed by atoms with van der Waals surface area (Å²) in [5.41, 5.74) is 0.516. The highest BCUT2D eigenvalue weighted by Crippen LogP contribution is 2.43. The number of esters is 1. The van der Waals surface area contributed by atoms with Crippen LogP contribution in [-0.2, 0) is 26.5 Å². The van der Waals surface area contributed by atoms with E-state index in [4.69, 9.17) is 19.1 Å². The first-order chi connectivity index (χ1) is 18.2. The number of carbonyl (C=O) groups excluding carboxylic acids is 1. The van der Waals surface area contributed by atoms with E-state index in [0.717, 1.165) is 36.8 Å². The predicted molar refractivity (Wildman–Crippen MR) is 143 cm³/mol. The number of aliphatic hydroxyl groups is 1. The normalized spacial score (nSPS) is 16.4. The lowest BCUT2D eigenvalue weighted by atomic mass is 9.73. The molecule has 1 aliphatic carbocycles. The molecule has 1 aliphatic rings. The number of likely N-dealkylation sites (N-methyl/N-ethyl adjacent to an activating group) is 1. The van der Waals surface area contributed by atoms with Gasteiger partial charge in [0.25, 0.3) is 6.47 Å². The van der Waals surface area contributed by atoms with Crippen molar-refractivity contribution in [2.75, 3.05) is 20.6 Å². The summed E-state index contributed by atoms with van der Waals surface area (Å²) in [5, 5.41) is 18.9. The number of ether oxygens (including phenoxy) is 1. The van der Waals surface area contributed by atoms with Gasteiger partial charge in [0.15, 0.2) is 17.9 Å². The van der Waals surface area contributed by atoms with Crippen LogP contribution in [0.25, 0.3) is 0 Å². The van der Waals surface area contributed by atoms with E-state index in [-0.39, 0.29) is 31.0 Å². The molecular weight excluding hydrogens is 484 g/mol. The van der Waals surface area contributed by atoms with Crippen molar-refractivity contribution in [1.29, 1.82) is 0 Å². The van der Waals surface area contributed by atoms with Gasteiger partial charge in [-0.3, -0.25) is 4.79 Å². The van der Waals surface area contributed by atoms with Gasteiger partial charge in [0.1, 0.15) is 12.6 Å². The molecule has 4 rings (SSSR count). The molecule has 1 aromatic heterocycles. The summed E-state index contributed by atoms with van der Waals surface area (Å²) in [7, 11) is 3.92. The van der Waals surface area contributed by atoms with Gasteiger partial charge in [0.2, 0.25) is 5.89 Å². The van der Waals surface area contributed by atoms with Crippen molar-refractivity contribution in [3.8, 4) is 0 Å². The minimum Gasteiger partial charge on any atom is -0.483 e. The molecule has 38 heavy (non-hydrogen) atoms. The standard InChI is InChI=1S/C29H37N2O4.CH2O2/c1-22(23-13-7-4-8-14-23)34-27(32)21-31(2,3)20-26-19-30-28(35-26)29(33,24-15-9-5-10-16-24)25-17-11-6-12-18-25;2-1-3/h4-5,7-10,13-16,19,22,25,33H,6,11-12,17-18,20-21H2,1-3H3;1H,(H,2,3)/q+1;/t22-,29?;/m0./s1. The quantitative estimate of drug-likeness (QED) is 0.229. The Labute approximate surface area is 224 Å². The molecule has 2 N–H and O–H groups in total. The molecule has 0 amide bonds. The van der Waals surface area contributed by atoms with Gasteiger partial charge in [-0.25, -0.2) is 9.78 Å². The Kier molecular flexibility index (Phi) is 10.2. The number of nitrogens with zero attached hydrogens (tertiary/aromatic N) is 2. The third-order valence-electron chi connectivity index (χ3n) is 7.01. The Morgan fingerprint density at radius 3 is 2.29 bits per heavy atom. The van der Waals surface area contributed by atoms with Crippen molar-refractivity contribution in [2.24, 2.45) is 5.92 Å². The van der Waals surface area contributed by atoms with Gasteiger partial charge in [-0.15, -0.1) is 0 Å². The zero-order valence-electron chi connectivity index (χ0n) is 22.5. The highest BCUT2D eigenvalue weighted by Gasteiger charge is 2.45. The highest BCUT2D eigenvalue weighted by atomic mass is 16.5. The van der Waals surface area contributed by atoms with Crippen molar-refractivity contribution in [2.45, 2.75) is 57.3 Å². The molecule has 0 aliphatic heterocycles. The van der Waals surface area contributed by atoms with Gasteiger partial charge >= 0.3 is 5.97 Å². The molecule has 8 heteroatoms. The van der Waals surface area contributed by atoms with Crippen LogP contribution in [0.15, 0.2) is 71.3 Å². The fourth-order valence-electron chi connectivity index (χ4n) is 5.16. The van der Waals surface area contributed by atoms with Crippen LogP contribution in [0.3, 0.4) is 0 Å². The van der Waals surface area contributed by atoms with E-state index in [0.29, 0.717) is 22.7 Å². The molecule has 2 atom stereocenters. The topological polar surface area (TPSA) is 110 Å². The van der Waals surface area contributed by atoms with Crippen LogP contribution in [0, 0.1) is 5.92 Å². The second-order valence-electron chi connectivity index (χ2n) is 10.5. The summed E-state index contributed by atoms with van der Waals surface area (Å²) in [6.07, 6.45) is 6.65. The minimum atomic E-state index is -1.26. The van der Waals surface area contributed by atoms with Gasteiger partial charge in [-0.1, -0.05) is 79.9 Å². The number of rotatable bonds is 9. The lowest BCUT2D eigenvalue weighted by Gasteiger charge is -2.36. The smallest absolute Gasteiger partial charge is 0.362 e. The second-order valence-corrected chi connectivity index (χ2v) is 10.5. The van der Waals surface area contributed by atoms with Crippen molar-refractivity contribution in [3.05, 3.63) is 89.6 Å². The number of carboxylic acid groups (broad SMARTS) is 1. The van der Waals surface area contributed by atoms with Crippen LogP contribution in [0.5, 0.6) is 0 Å². The summed E-state index contributed by atoms with van der Waals surface area (Å²) in [6.45, 7) is 2.28.